The van der Waals surface area contributed by atoms with Crippen LogP contribution in [-0.2, 0) is 14.3 Å². The normalized spacial score (nSPS) is 24.0. The van der Waals surface area contributed by atoms with E-state index >= 15 is 0 Å². The van der Waals surface area contributed by atoms with E-state index in [0.717, 1.165) is 19.5 Å². The van der Waals surface area contributed by atoms with Crippen LogP contribution < -0.4 is 0 Å². The molecule has 2 atom stereocenters. The number of benzene rings is 1. The van der Waals surface area contributed by atoms with Crippen molar-refractivity contribution in [1.29, 1.82) is 0 Å². The second-order valence-electron chi connectivity index (χ2n) is 6.40. The first-order valence-electron chi connectivity index (χ1n) is 8.52. The molecule has 24 heavy (non-hydrogen) atoms. The Kier molecular flexibility index (Phi) is 5.30. The summed E-state index contributed by atoms with van der Waals surface area (Å²) in [5.41, 5.74) is 1.29. The SMILES string of the molecule is C=CC(=O)N1CCOCC1CC(=O)N1CCC(c2ccccc2)C1. The van der Waals surface area contributed by atoms with Crippen molar-refractivity contribution in [3.63, 3.8) is 0 Å². The first-order chi connectivity index (χ1) is 11.7. The van der Waals surface area contributed by atoms with Crippen LogP contribution in [0.25, 0.3) is 0 Å². The number of morpholine rings is 1. The standard InChI is InChI=1S/C19H24N2O3/c1-2-18(22)21-10-11-24-14-17(21)12-19(23)20-9-8-16(13-20)15-6-4-3-5-7-15/h2-7,16-17H,1,8-14H2. The van der Waals surface area contributed by atoms with Gasteiger partial charge in [0, 0.05) is 32.0 Å². The number of carbonyl (C=O) groups is 2. The Morgan fingerprint density at radius 3 is 2.79 bits per heavy atom. The molecule has 2 aliphatic heterocycles. The topological polar surface area (TPSA) is 49.9 Å². The zero-order valence-corrected chi connectivity index (χ0v) is 13.9. The number of likely N-dealkylation sites (tertiary alicyclic amines) is 1. The number of rotatable bonds is 4. The summed E-state index contributed by atoms with van der Waals surface area (Å²) >= 11 is 0. The Bertz CT molecular complexity index is 602. The van der Waals surface area contributed by atoms with Crippen molar-refractivity contribution in [2.75, 3.05) is 32.8 Å². The smallest absolute Gasteiger partial charge is 0.246 e. The van der Waals surface area contributed by atoms with Gasteiger partial charge in [0.25, 0.3) is 0 Å². The fraction of sp³-hybridized carbons (Fsp3) is 0.474. The van der Waals surface area contributed by atoms with Crippen LogP contribution in [0.4, 0.5) is 0 Å². The fourth-order valence-electron chi connectivity index (χ4n) is 3.55. The summed E-state index contributed by atoms with van der Waals surface area (Å²) in [5, 5.41) is 0. The second-order valence-corrected chi connectivity index (χ2v) is 6.40. The first-order valence-corrected chi connectivity index (χ1v) is 8.52. The lowest BCUT2D eigenvalue weighted by atomic mass is 9.99. The average molecular weight is 328 g/mol. The zero-order chi connectivity index (χ0) is 16.9. The van der Waals surface area contributed by atoms with E-state index in [1.54, 1.807) is 4.90 Å². The second kappa shape index (κ2) is 7.62. The van der Waals surface area contributed by atoms with Crippen molar-refractivity contribution in [3.8, 4) is 0 Å². The van der Waals surface area contributed by atoms with Crippen LogP contribution in [0.1, 0.15) is 24.3 Å². The third-order valence-electron chi connectivity index (χ3n) is 4.91. The maximum absolute atomic E-state index is 12.7. The van der Waals surface area contributed by atoms with Crippen molar-refractivity contribution in [1.82, 2.24) is 9.80 Å². The van der Waals surface area contributed by atoms with Gasteiger partial charge in [0.05, 0.1) is 19.3 Å². The first kappa shape index (κ1) is 16.7. The summed E-state index contributed by atoms with van der Waals surface area (Å²) in [6, 6.07) is 10.1. The molecule has 128 valence electrons. The molecule has 0 saturated carbocycles. The molecular weight excluding hydrogens is 304 g/mol. The van der Waals surface area contributed by atoms with Crippen molar-refractivity contribution in [2.24, 2.45) is 0 Å². The Morgan fingerprint density at radius 2 is 2.04 bits per heavy atom. The molecule has 0 spiro atoms. The molecule has 2 fully saturated rings. The highest BCUT2D eigenvalue weighted by molar-refractivity contribution is 5.88. The molecule has 1 aromatic carbocycles. The molecule has 0 aliphatic carbocycles. The van der Waals surface area contributed by atoms with E-state index in [2.05, 4.69) is 18.7 Å². The maximum Gasteiger partial charge on any atom is 0.246 e. The predicted molar refractivity (Wildman–Crippen MR) is 91.5 cm³/mol. The zero-order valence-electron chi connectivity index (χ0n) is 13.9. The molecule has 0 N–H and O–H groups in total. The molecule has 2 heterocycles. The van der Waals surface area contributed by atoms with Crippen LogP contribution in [0.5, 0.6) is 0 Å². The lowest BCUT2D eigenvalue weighted by molar-refractivity contribution is -0.139. The monoisotopic (exact) mass is 328 g/mol. The van der Waals surface area contributed by atoms with Gasteiger partial charge in [0.15, 0.2) is 0 Å². The van der Waals surface area contributed by atoms with Crippen molar-refractivity contribution in [2.45, 2.75) is 24.8 Å². The minimum absolute atomic E-state index is 0.103. The molecule has 5 heteroatoms. The maximum atomic E-state index is 12.7. The molecular formula is C19H24N2O3. The van der Waals surface area contributed by atoms with Crippen LogP contribution in [0.2, 0.25) is 0 Å². The van der Waals surface area contributed by atoms with Gasteiger partial charge in [-0.2, -0.15) is 0 Å². The molecule has 2 unspecified atom stereocenters. The average Bonchev–Trinajstić information content (AvgIpc) is 3.12. The number of hydrogen-bond acceptors (Lipinski definition) is 3. The lowest BCUT2D eigenvalue weighted by Crippen LogP contribution is -2.50. The van der Waals surface area contributed by atoms with E-state index in [1.165, 1.54) is 11.6 Å². The van der Waals surface area contributed by atoms with Gasteiger partial charge >= 0.3 is 0 Å². The van der Waals surface area contributed by atoms with E-state index in [9.17, 15) is 9.59 Å². The van der Waals surface area contributed by atoms with E-state index in [0.29, 0.717) is 32.1 Å². The molecule has 3 rings (SSSR count). The highest BCUT2D eigenvalue weighted by atomic mass is 16.5. The molecule has 0 aromatic heterocycles. The fourth-order valence-corrected chi connectivity index (χ4v) is 3.55. The number of nitrogens with zero attached hydrogens (tertiary/aromatic N) is 2. The predicted octanol–water partition coefficient (Wildman–Crippen LogP) is 1.81. The number of carbonyl (C=O) groups excluding carboxylic acids is 2. The highest BCUT2D eigenvalue weighted by Gasteiger charge is 2.32. The Labute approximate surface area is 142 Å². The van der Waals surface area contributed by atoms with E-state index < -0.39 is 0 Å². The van der Waals surface area contributed by atoms with Crippen LogP contribution in [0, 0.1) is 0 Å². The molecule has 2 saturated heterocycles. The molecule has 0 bridgehead atoms. The molecule has 5 nitrogen and oxygen atoms in total. The van der Waals surface area contributed by atoms with Gasteiger partial charge in [0.2, 0.25) is 11.8 Å². The summed E-state index contributed by atoms with van der Waals surface area (Å²) in [4.78, 5) is 28.2. The van der Waals surface area contributed by atoms with E-state index in [1.807, 2.05) is 23.1 Å². The number of hydrogen-bond donors (Lipinski definition) is 0. The van der Waals surface area contributed by atoms with E-state index in [-0.39, 0.29) is 17.9 Å². The molecule has 1 aromatic rings. The summed E-state index contributed by atoms with van der Waals surface area (Å²) in [6.07, 6.45) is 2.62. The molecule has 0 radical (unpaired) electrons. The van der Waals surface area contributed by atoms with Crippen molar-refractivity contribution >= 4 is 11.8 Å². The number of amides is 2. The van der Waals surface area contributed by atoms with Crippen LogP contribution in [0.15, 0.2) is 43.0 Å². The molecule has 2 aliphatic rings. The van der Waals surface area contributed by atoms with Crippen LogP contribution >= 0.6 is 0 Å². The Hall–Kier alpha value is -2.14. The van der Waals surface area contributed by atoms with E-state index in [4.69, 9.17) is 4.74 Å². The quantitative estimate of drug-likeness (QED) is 0.792. The van der Waals surface area contributed by atoms with Gasteiger partial charge in [-0.15, -0.1) is 0 Å². The van der Waals surface area contributed by atoms with Crippen molar-refractivity contribution in [3.05, 3.63) is 48.6 Å². The van der Waals surface area contributed by atoms with Gasteiger partial charge in [-0.05, 0) is 18.1 Å². The lowest BCUT2D eigenvalue weighted by Gasteiger charge is -2.35. The highest BCUT2D eigenvalue weighted by Crippen LogP contribution is 2.27. The Morgan fingerprint density at radius 1 is 1.25 bits per heavy atom. The summed E-state index contributed by atoms with van der Waals surface area (Å²) in [5.74, 6) is 0.383. The third kappa shape index (κ3) is 3.67. The van der Waals surface area contributed by atoms with Gasteiger partial charge in [-0.3, -0.25) is 9.59 Å². The number of ether oxygens (including phenoxy) is 1. The minimum Gasteiger partial charge on any atom is -0.377 e. The van der Waals surface area contributed by atoms with Crippen LogP contribution in [0.3, 0.4) is 0 Å². The van der Waals surface area contributed by atoms with Gasteiger partial charge in [-0.1, -0.05) is 36.9 Å². The van der Waals surface area contributed by atoms with Gasteiger partial charge in [-0.25, -0.2) is 0 Å². The van der Waals surface area contributed by atoms with Crippen molar-refractivity contribution < 1.29 is 14.3 Å². The third-order valence-corrected chi connectivity index (χ3v) is 4.91. The largest absolute Gasteiger partial charge is 0.377 e. The summed E-state index contributed by atoms with van der Waals surface area (Å²) in [6.45, 7) is 6.54. The Balaban J connectivity index is 1.59. The van der Waals surface area contributed by atoms with Gasteiger partial charge < -0.3 is 14.5 Å². The summed E-state index contributed by atoms with van der Waals surface area (Å²) < 4.78 is 5.46. The summed E-state index contributed by atoms with van der Waals surface area (Å²) in [7, 11) is 0. The van der Waals surface area contributed by atoms with Gasteiger partial charge in [0.1, 0.15) is 0 Å². The van der Waals surface area contributed by atoms with Crippen LogP contribution in [-0.4, -0.2) is 60.5 Å². The molecule has 2 amide bonds. The minimum atomic E-state index is -0.187.